The molecule has 0 saturated carbocycles. The number of carbonyl (C=O) groups is 1. The van der Waals surface area contributed by atoms with Crippen LogP contribution in [-0.4, -0.2) is 32.1 Å². The highest BCUT2D eigenvalue weighted by molar-refractivity contribution is 7.99. The van der Waals surface area contributed by atoms with Crippen molar-refractivity contribution in [3.05, 3.63) is 34.3 Å². The Bertz CT molecular complexity index is 902. The molecule has 0 bridgehead atoms. The Hall–Kier alpha value is -1.97. The van der Waals surface area contributed by atoms with Crippen LogP contribution in [-0.2, 0) is 10.2 Å². The molecule has 0 fully saturated rings. The maximum atomic E-state index is 12.1. The Kier molecular flexibility index (Phi) is 5.59. The molecule has 0 radical (unpaired) electrons. The molecule has 10 heteroatoms. The van der Waals surface area contributed by atoms with Gasteiger partial charge in [-0.05, 0) is 24.3 Å². The fraction of sp³-hybridized carbons (Fsp3) is 0.312. The quantitative estimate of drug-likeness (QED) is 0.628. The second kappa shape index (κ2) is 7.73. The van der Waals surface area contributed by atoms with E-state index in [1.165, 1.54) is 11.3 Å². The number of halogens is 1. The van der Waals surface area contributed by atoms with Crippen LogP contribution in [0.4, 0.5) is 5.13 Å². The van der Waals surface area contributed by atoms with Crippen LogP contribution in [0, 0.1) is 0 Å². The summed E-state index contributed by atoms with van der Waals surface area (Å²) in [5.41, 5.74) is 0.666. The maximum Gasteiger partial charge on any atom is 0.277 e. The molecule has 7 nitrogen and oxygen atoms in total. The summed E-state index contributed by atoms with van der Waals surface area (Å²) in [5, 5.41) is 21.0. The van der Waals surface area contributed by atoms with Gasteiger partial charge in [0.1, 0.15) is 5.01 Å². The summed E-state index contributed by atoms with van der Waals surface area (Å²) in [4.78, 5) is 12.1. The van der Waals surface area contributed by atoms with E-state index in [4.69, 9.17) is 16.0 Å². The summed E-state index contributed by atoms with van der Waals surface area (Å²) in [6, 6.07) is 7.07. The molecule has 1 N–H and O–H groups in total. The second-order valence-corrected chi connectivity index (χ2v) is 8.72. The minimum absolute atomic E-state index is 0.1000. The number of amides is 1. The Balaban J connectivity index is 1.55. The number of anilines is 1. The standard InChI is InChI=1S/C16H16ClN5O2S2/c1-16(2,3)13-20-21-14(26-13)18-11(23)8-25-15-22-19-12(24-15)9-4-6-10(17)7-5-9/h4-7H,8H2,1-3H3,(H,18,21,23). The Labute approximate surface area is 163 Å². The monoisotopic (exact) mass is 409 g/mol. The number of carbonyl (C=O) groups excluding carboxylic acids is 1. The van der Waals surface area contributed by atoms with E-state index in [2.05, 4.69) is 25.7 Å². The smallest absolute Gasteiger partial charge is 0.277 e. The summed E-state index contributed by atoms with van der Waals surface area (Å²) in [7, 11) is 0. The number of nitrogens with zero attached hydrogens (tertiary/aromatic N) is 4. The summed E-state index contributed by atoms with van der Waals surface area (Å²) in [6.45, 7) is 6.13. The van der Waals surface area contributed by atoms with Gasteiger partial charge in [0.25, 0.3) is 5.22 Å². The lowest BCUT2D eigenvalue weighted by molar-refractivity contribution is -0.113. The van der Waals surface area contributed by atoms with E-state index < -0.39 is 0 Å². The van der Waals surface area contributed by atoms with Crippen molar-refractivity contribution in [1.29, 1.82) is 0 Å². The van der Waals surface area contributed by atoms with Crippen LogP contribution in [0.3, 0.4) is 0 Å². The van der Waals surface area contributed by atoms with E-state index in [9.17, 15) is 4.79 Å². The minimum Gasteiger partial charge on any atom is -0.411 e. The molecule has 1 aromatic carbocycles. The number of hydrogen-bond donors (Lipinski definition) is 1. The lowest BCUT2D eigenvalue weighted by Crippen LogP contribution is -2.13. The van der Waals surface area contributed by atoms with Gasteiger partial charge in [-0.3, -0.25) is 10.1 Å². The number of nitrogens with one attached hydrogen (secondary N) is 1. The SMILES string of the molecule is CC(C)(C)c1nnc(NC(=O)CSc2nnc(-c3ccc(Cl)cc3)o2)s1. The first-order valence-corrected chi connectivity index (χ1v) is 9.85. The van der Waals surface area contributed by atoms with Gasteiger partial charge in [-0.1, -0.05) is 55.5 Å². The van der Waals surface area contributed by atoms with Crippen LogP contribution in [0.2, 0.25) is 5.02 Å². The van der Waals surface area contributed by atoms with Crippen LogP contribution in [0.25, 0.3) is 11.5 Å². The molecule has 0 saturated heterocycles. The van der Waals surface area contributed by atoms with Crippen LogP contribution in [0.1, 0.15) is 25.8 Å². The van der Waals surface area contributed by atoms with Crippen molar-refractivity contribution in [2.75, 3.05) is 11.1 Å². The van der Waals surface area contributed by atoms with Crippen LogP contribution >= 0.6 is 34.7 Å². The molecule has 0 spiro atoms. The number of thioether (sulfide) groups is 1. The highest BCUT2D eigenvalue weighted by Crippen LogP contribution is 2.28. The zero-order valence-electron chi connectivity index (χ0n) is 14.3. The fourth-order valence-electron chi connectivity index (χ4n) is 1.84. The molecule has 0 aliphatic heterocycles. The third kappa shape index (κ3) is 4.80. The first kappa shape index (κ1) is 18.8. The van der Waals surface area contributed by atoms with Crippen molar-refractivity contribution in [2.45, 2.75) is 31.4 Å². The molecule has 26 heavy (non-hydrogen) atoms. The largest absolute Gasteiger partial charge is 0.411 e. The van der Waals surface area contributed by atoms with Gasteiger partial charge in [-0.2, -0.15) is 0 Å². The predicted molar refractivity (Wildman–Crippen MR) is 103 cm³/mol. The van der Waals surface area contributed by atoms with Gasteiger partial charge in [0.05, 0.1) is 5.75 Å². The first-order valence-electron chi connectivity index (χ1n) is 7.67. The van der Waals surface area contributed by atoms with E-state index in [0.29, 0.717) is 21.3 Å². The van der Waals surface area contributed by atoms with Crippen molar-refractivity contribution in [2.24, 2.45) is 0 Å². The van der Waals surface area contributed by atoms with Gasteiger partial charge < -0.3 is 4.42 Å². The van der Waals surface area contributed by atoms with E-state index in [1.807, 2.05) is 20.8 Å². The highest BCUT2D eigenvalue weighted by Gasteiger charge is 2.20. The van der Waals surface area contributed by atoms with Gasteiger partial charge in [0, 0.05) is 16.0 Å². The lowest BCUT2D eigenvalue weighted by atomic mass is 9.98. The second-order valence-electron chi connectivity index (χ2n) is 6.38. The molecule has 1 amide bonds. The van der Waals surface area contributed by atoms with E-state index >= 15 is 0 Å². The van der Waals surface area contributed by atoms with Crippen LogP contribution < -0.4 is 5.32 Å². The molecular formula is C16H16ClN5O2S2. The molecule has 0 atom stereocenters. The Morgan fingerprint density at radius 2 is 1.92 bits per heavy atom. The molecule has 0 unspecified atom stereocenters. The topological polar surface area (TPSA) is 93.8 Å². The van der Waals surface area contributed by atoms with Gasteiger partial charge in [0.15, 0.2) is 0 Å². The molecular weight excluding hydrogens is 394 g/mol. The molecule has 0 aliphatic rings. The highest BCUT2D eigenvalue weighted by atomic mass is 35.5. The van der Waals surface area contributed by atoms with Gasteiger partial charge in [-0.15, -0.1) is 20.4 Å². The molecule has 2 heterocycles. The van der Waals surface area contributed by atoms with E-state index in [1.54, 1.807) is 24.3 Å². The summed E-state index contributed by atoms with van der Waals surface area (Å²) in [6.07, 6.45) is 0. The maximum absolute atomic E-state index is 12.1. The zero-order valence-corrected chi connectivity index (χ0v) is 16.7. The first-order chi connectivity index (χ1) is 12.3. The van der Waals surface area contributed by atoms with Crippen molar-refractivity contribution in [1.82, 2.24) is 20.4 Å². The normalized spacial score (nSPS) is 11.5. The van der Waals surface area contributed by atoms with Crippen molar-refractivity contribution >= 4 is 45.7 Å². The van der Waals surface area contributed by atoms with Gasteiger partial charge in [0.2, 0.25) is 16.9 Å². The number of hydrogen-bond acceptors (Lipinski definition) is 8. The number of rotatable bonds is 5. The van der Waals surface area contributed by atoms with Crippen molar-refractivity contribution < 1.29 is 9.21 Å². The van der Waals surface area contributed by atoms with E-state index in [0.717, 1.165) is 22.3 Å². The molecule has 3 rings (SSSR count). The number of benzene rings is 1. The zero-order chi connectivity index (χ0) is 18.7. The van der Waals surface area contributed by atoms with Crippen molar-refractivity contribution in [3.8, 4) is 11.5 Å². The molecule has 136 valence electrons. The third-order valence-electron chi connectivity index (χ3n) is 3.14. The molecule has 0 aliphatic carbocycles. The summed E-state index contributed by atoms with van der Waals surface area (Å²) in [5.74, 6) is 0.300. The summed E-state index contributed by atoms with van der Waals surface area (Å²) >= 11 is 8.38. The van der Waals surface area contributed by atoms with Crippen LogP contribution in [0.15, 0.2) is 33.9 Å². The predicted octanol–water partition coefficient (Wildman–Crippen LogP) is 4.27. The Morgan fingerprint density at radius 1 is 1.19 bits per heavy atom. The molecule has 3 aromatic rings. The third-order valence-corrected chi connectivity index (χ3v) is 5.47. The van der Waals surface area contributed by atoms with Gasteiger partial charge >= 0.3 is 0 Å². The van der Waals surface area contributed by atoms with Gasteiger partial charge in [-0.25, -0.2) is 0 Å². The average molecular weight is 410 g/mol. The summed E-state index contributed by atoms with van der Waals surface area (Å²) < 4.78 is 5.55. The van der Waals surface area contributed by atoms with Crippen molar-refractivity contribution in [3.63, 3.8) is 0 Å². The lowest BCUT2D eigenvalue weighted by Gasteiger charge is -2.12. The average Bonchev–Trinajstić information content (AvgIpc) is 3.22. The van der Waals surface area contributed by atoms with Crippen LogP contribution in [0.5, 0.6) is 0 Å². The number of aromatic nitrogens is 4. The minimum atomic E-state index is -0.210. The molecule has 2 aromatic heterocycles. The fourth-order valence-corrected chi connectivity index (χ4v) is 3.34. The van der Waals surface area contributed by atoms with E-state index in [-0.39, 0.29) is 17.1 Å². The Morgan fingerprint density at radius 3 is 2.58 bits per heavy atom.